The Morgan fingerprint density at radius 1 is 1.60 bits per heavy atom. The molecule has 0 aromatic carbocycles. The number of aliphatic carboxylic acids is 1. The zero-order chi connectivity index (χ0) is 14.5. The van der Waals surface area contributed by atoms with Crippen LogP contribution in [-0.4, -0.2) is 26.8 Å². The van der Waals surface area contributed by atoms with E-state index in [4.69, 9.17) is 10.4 Å². The van der Waals surface area contributed by atoms with Crippen LogP contribution in [0.3, 0.4) is 0 Å². The third kappa shape index (κ3) is 3.46. The molecule has 0 fully saturated rings. The van der Waals surface area contributed by atoms with E-state index in [-0.39, 0.29) is 16.5 Å². The lowest BCUT2D eigenvalue weighted by molar-refractivity contribution is -0.133. The van der Waals surface area contributed by atoms with Crippen LogP contribution in [0.1, 0.15) is 16.1 Å². The molecule has 2 heterocycles. The van der Waals surface area contributed by atoms with Gasteiger partial charge in [0.1, 0.15) is 11.6 Å². The molecular weight excluding hydrogens is 298 g/mol. The number of aromatic amines is 1. The van der Waals surface area contributed by atoms with Gasteiger partial charge in [0.15, 0.2) is 5.16 Å². The Morgan fingerprint density at radius 2 is 2.40 bits per heavy atom. The number of hydrogen-bond acceptors (Lipinski definition) is 6. The fraction of sp³-hybridized carbons (Fsp3) is 0.167. The van der Waals surface area contributed by atoms with E-state index in [1.807, 2.05) is 23.6 Å². The minimum Gasteiger partial charge on any atom is -0.481 e. The van der Waals surface area contributed by atoms with Crippen LogP contribution in [0.5, 0.6) is 0 Å². The first-order valence-corrected chi connectivity index (χ1v) is 7.37. The second-order valence-corrected chi connectivity index (χ2v) is 5.74. The predicted octanol–water partition coefficient (Wildman–Crippen LogP) is 1.47. The van der Waals surface area contributed by atoms with Gasteiger partial charge in [0.05, 0.1) is 11.4 Å². The summed E-state index contributed by atoms with van der Waals surface area (Å²) in [6.07, 6.45) is 0.380. The Kier molecular flexibility index (Phi) is 4.55. The molecule has 2 N–H and O–H groups in total. The van der Waals surface area contributed by atoms with Gasteiger partial charge >= 0.3 is 5.97 Å². The summed E-state index contributed by atoms with van der Waals surface area (Å²) in [6, 6.07) is 5.60. The molecule has 102 valence electrons. The van der Waals surface area contributed by atoms with Crippen LogP contribution in [0.2, 0.25) is 0 Å². The van der Waals surface area contributed by atoms with Gasteiger partial charge in [0.25, 0.3) is 5.56 Å². The number of rotatable bonds is 5. The molecule has 8 heteroatoms. The van der Waals surface area contributed by atoms with Gasteiger partial charge < -0.3 is 10.1 Å². The van der Waals surface area contributed by atoms with Crippen molar-refractivity contribution >= 4 is 29.1 Å². The lowest BCUT2D eigenvalue weighted by atomic mass is 10.2. The Balaban J connectivity index is 2.35. The van der Waals surface area contributed by atoms with Crippen molar-refractivity contribution < 1.29 is 9.90 Å². The van der Waals surface area contributed by atoms with E-state index >= 15 is 0 Å². The molecule has 6 nitrogen and oxygen atoms in total. The number of carboxylic acid groups (broad SMARTS) is 1. The maximum atomic E-state index is 11.8. The Hall–Kier alpha value is -2.11. The first kappa shape index (κ1) is 14.3. The first-order chi connectivity index (χ1) is 9.60. The first-order valence-electron chi connectivity index (χ1n) is 5.50. The molecule has 0 unspecified atom stereocenters. The summed E-state index contributed by atoms with van der Waals surface area (Å²) >= 11 is 2.42. The standard InChI is InChI=1S/C12H9N3O3S2/c13-5-8-9(4-7-2-1-3-19-7)14-12(15-11(8)18)20-6-10(16)17/h1-3H,4,6H2,(H,16,17)(H,14,15,18). The van der Waals surface area contributed by atoms with Crippen molar-refractivity contribution in [3.8, 4) is 6.07 Å². The van der Waals surface area contributed by atoms with E-state index in [9.17, 15) is 9.59 Å². The number of hydrogen-bond donors (Lipinski definition) is 2. The van der Waals surface area contributed by atoms with Crippen molar-refractivity contribution in [3.05, 3.63) is 44.0 Å². The van der Waals surface area contributed by atoms with Gasteiger partial charge in [0, 0.05) is 11.3 Å². The number of aromatic nitrogens is 2. The molecule has 0 atom stereocenters. The number of nitrogens with one attached hydrogen (secondary N) is 1. The van der Waals surface area contributed by atoms with Crippen LogP contribution in [0, 0.1) is 11.3 Å². The molecule has 0 aliphatic rings. The molecule has 0 saturated carbocycles. The van der Waals surface area contributed by atoms with Gasteiger partial charge in [-0.3, -0.25) is 9.59 Å². The summed E-state index contributed by atoms with van der Waals surface area (Å²) in [5.41, 5.74) is -0.202. The minimum absolute atomic E-state index is 0.0296. The Morgan fingerprint density at radius 3 is 3.00 bits per heavy atom. The van der Waals surface area contributed by atoms with Crippen molar-refractivity contribution in [2.24, 2.45) is 0 Å². The van der Waals surface area contributed by atoms with E-state index in [1.54, 1.807) is 0 Å². The van der Waals surface area contributed by atoms with Gasteiger partial charge in [-0.15, -0.1) is 11.3 Å². The van der Waals surface area contributed by atoms with Gasteiger partial charge in [0.2, 0.25) is 0 Å². The third-order valence-corrected chi connectivity index (χ3v) is 4.07. The van der Waals surface area contributed by atoms with Crippen LogP contribution in [0.4, 0.5) is 0 Å². The number of thiophene rings is 1. The second-order valence-electron chi connectivity index (χ2n) is 3.74. The summed E-state index contributed by atoms with van der Waals surface area (Å²) in [5, 5.41) is 19.8. The molecule has 0 bridgehead atoms. The highest BCUT2D eigenvalue weighted by Gasteiger charge is 2.13. The molecule has 2 aromatic rings. The zero-order valence-electron chi connectivity index (χ0n) is 10.1. The van der Waals surface area contributed by atoms with Gasteiger partial charge in [-0.2, -0.15) is 5.26 Å². The average Bonchev–Trinajstić information content (AvgIpc) is 2.89. The molecule has 0 amide bonds. The highest BCUT2D eigenvalue weighted by Crippen LogP contribution is 2.17. The quantitative estimate of drug-likeness (QED) is 0.640. The fourth-order valence-electron chi connectivity index (χ4n) is 1.52. The van der Waals surface area contributed by atoms with E-state index in [1.165, 1.54) is 11.3 Å². The fourth-order valence-corrected chi connectivity index (χ4v) is 2.83. The molecule has 20 heavy (non-hydrogen) atoms. The van der Waals surface area contributed by atoms with Crippen LogP contribution in [0.25, 0.3) is 0 Å². The van der Waals surface area contributed by atoms with Gasteiger partial charge in [-0.1, -0.05) is 17.8 Å². The van der Waals surface area contributed by atoms with E-state index < -0.39 is 11.5 Å². The normalized spacial score (nSPS) is 10.2. The third-order valence-electron chi connectivity index (χ3n) is 2.34. The number of thioether (sulfide) groups is 1. The van der Waals surface area contributed by atoms with Crippen molar-refractivity contribution in [3.63, 3.8) is 0 Å². The number of nitrogens with zero attached hydrogens (tertiary/aromatic N) is 2. The second kappa shape index (κ2) is 6.36. The van der Waals surface area contributed by atoms with E-state index in [0.717, 1.165) is 16.6 Å². The number of carboxylic acids is 1. The van der Waals surface area contributed by atoms with E-state index in [0.29, 0.717) is 12.1 Å². The SMILES string of the molecule is N#Cc1c(Cc2cccs2)nc(SCC(=O)O)[nH]c1=O. The summed E-state index contributed by atoms with van der Waals surface area (Å²) < 4.78 is 0. The Bertz CT molecular complexity index is 717. The average molecular weight is 307 g/mol. The Labute approximate surface area is 122 Å². The van der Waals surface area contributed by atoms with Crippen LogP contribution in [0.15, 0.2) is 27.5 Å². The van der Waals surface area contributed by atoms with Crippen LogP contribution >= 0.6 is 23.1 Å². The zero-order valence-corrected chi connectivity index (χ0v) is 11.8. The van der Waals surface area contributed by atoms with E-state index in [2.05, 4.69) is 9.97 Å². The minimum atomic E-state index is -0.998. The maximum Gasteiger partial charge on any atom is 0.313 e. The molecule has 0 spiro atoms. The summed E-state index contributed by atoms with van der Waals surface area (Å²) in [7, 11) is 0. The molecular formula is C12H9N3O3S2. The summed E-state index contributed by atoms with van der Waals surface area (Å²) in [4.78, 5) is 29.9. The highest BCUT2D eigenvalue weighted by atomic mass is 32.2. The van der Waals surface area contributed by atoms with Gasteiger partial charge in [-0.25, -0.2) is 4.98 Å². The molecule has 2 rings (SSSR count). The lowest BCUT2D eigenvalue weighted by Gasteiger charge is -2.04. The molecule has 2 aromatic heterocycles. The highest BCUT2D eigenvalue weighted by molar-refractivity contribution is 7.99. The van der Waals surface area contributed by atoms with Gasteiger partial charge in [-0.05, 0) is 11.4 Å². The monoisotopic (exact) mass is 307 g/mol. The van der Waals surface area contributed by atoms with Crippen molar-refractivity contribution in [2.45, 2.75) is 11.6 Å². The molecule has 0 saturated heterocycles. The molecule has 0 aliphatic heterocycles. The maximum absolute atomic E-state index is 11.8. The molecule has 0 aliphatic carbocycles. The lowest BCUT2D eigenvalue weighted by Crippen LogP contribution is -2.17. The van der Waals surface area contributed by atoms with Crippen molar-refractivity contribution in [1.82, 2.24) is 9.97 Å². The van der Waals surface area contributed by atoms with Crippen LogP contribution in [-0.2, 0) is 11.2 Å². The predicted molar refractivity (Wildman–Crippen MR) is 75.1 cm³/mol. The topological polar surface area (TPSA) is 107 Å². The summed E-state index contributed by atoms with van der Waals surface area (Å²) in [6.45, 7) is 0. The number of carbonyl (C=O) groups is 1. The largest absolute Gasteiger partial charge is 0.481 e. The number of H-pyrrole nitrogens is 1. The van der Waals surface area contributed by atoms with Crippen LogP contribution < -0.4 is 5.56 Å². The van der Waals surface area contributed by atoms with Crippen molar-refractivity contribution in [1.29, 1.82) is 5.26 Å². The molecule has 0 radical (unpaired) electrons. The number of nitriles is 1. The smallest absolute Gasteiger partial charge is 0.313 e. The summed E-state index contributed by atoms with van der Waals surface area (Å²) in [5.74, 6) is -1.20. The van der Waals surface area contributed by atoms with Crippen molar-refractivity contribution in [2.75, 3.05) is 5.75 Å².